The molecule has 0 atom stereocenters. The van der Waals surface area contributed by atoms with E-state index in [0.717, 1.165) is 44.0 Å². The van der Waals surface area contributed by atoms with Crippen LogP contribution in [-0.2, 0) is 26.1 Å². The Kier molecular flexibility index (Phi) is 5.17. The van der Waals surface area contributed by atoms with E-state index < -0.39 is 0 Å². The monoisotopic (exact) mass is 289 g/mol. The van der Waals surface area contributed by atoms with Crippen molar-refractivity contribution in [3.63, 3.8) is 0 Å². The summed E-state index contributed by atoms with van der Waals surface area (Å²) in [5.74, 6) is 0. The minimum atomic E-state index is 0.791. The number of nitrogens with one attached hydrogen (secondary N) is 1. The molecule has 5 heteroatoms. The summed E-state index contributed by atoms with van der Waals surface area (Å²) in [4.78, 5) is 0. The molecule has 2 aromatic heterocycles. The third-order valence-corrected chi connectivity index (χ3v) is 3.97. The fourth-order valence-corrected chi connectivity index (χ4v) is 2.64. The van der Waals surface area contributed by atoms with Gasteiger partial charge in [-0.05, 0) is 39.8 Å². The number of aryl methyl sites for hydroxylation is 3. The SMILES string of the molecule is CCNCc1c(C)nn(Cc2cc(CC)nn2CC)c1C. The molecule has 0 saturated heterocycles. The van der Waals surface area contributed by atoms with E-state index in [-0.39, 0.29) is 0 Å². The number of nitrogens with zero attached hydrogens (tertiary/aromatic N) is 4. The molecule has 0 fully saturated rings. The van der Waals surface area contributed by atoms with Crippen LogP contribution in [-0.4, -0.2) is 26.1 Å². The first-order chi connectivity index (χ1) is 10.1. The Balaban J connectivity index is 2.25. The standard InChI is InChI=1S/C16H27N5/c1-6-14-9-15(20(8-3)19-14)11-21-13(5)16(10-17-7-2)12(4)18-21/h9,17H,6-8,10-11H2,1-5H3. The molecule has 0 aliphatic carbocycles. The van der Waals surface area contributed by atoms with Crippen LogP contribution in [0.25, 0.3) is 0 Å². The van der Waals surface area contributed by atoms with Gasteiger partial charge >= 0.3 is 0 Å². The highest BCUT2D eigenvalue weighted by Crippen LogP contribution is 2.15. The molecule has 0 amide bonds. The fourth-order valence-electron chi connectivity index (χ4n) is 2.64. The fraction of sp³-hybridized carbons (Fsp3) is 0.625. The second-order valence-corrected chi connectivity index (χ2v) is 5.38. The summed E-state index contributed by atoms with van der Waals surface area (Å²) in [6, 6.07) is 2.20. The molecule has 0 aliphatic heterocycles. The second kappa shape index (κ2) is 6.89. The van der Waals surface area contributed by atoms with Crippen molar-refractivity contribution in [2.24, 2.45) is 0 Å². The zero-order chi connectivity index (χ0) is 15.4. The first-order valence-corrected chi connectivity index (χ1v) is 7.89. The minimum absolute atomic E-state index is 0.791. The molecule has 0 radical (unpaired) electrons. The molecule has 0 unspecified atom stereocenters. The summed E-state index contributed by atoms with van der Waals surface area (Å²) in [5, 5.41) is 12.7. The van der Waals surface area contributed by atoms with E-state index in [0.29, 0.717) is 0 Å². The van der Waals surface area contributed by atoms with Gasteiger partial charge in [-0.1, -0.05) is 13.8 Å². The zero-order valence-electron chi connectivity index (χ0n) is 13.9. The van der Waals surface area contributed by atoms with Crippen LogP contribution < -0.4 is 5.32 Å². The molecule has 0 bridgehead atoms. The Morgan fingerprint density at radius 2 is 1.86 bits per heavy atom. The predicted octanol–water partition coefficient (Wildman–Crippen LogP) is 2.44. The first-order valence-electron chi connectivity index (χ1n) is 7.89. The molecule has 0 aromatic carbocycles. The average molecular weight is 289 g/mol. The lowest BCUT2D eigenvalue weighted by Gasteiger charge is -2.07. The number of aromatic nitrogens is 4. The van der Waals surface area contributed by atoms with E-state index in [1.54, 1.807) is 0 Å². The summed E-state index contributed by atoms with van der Waals surface area (Å²) in [6.07, 6.45) is 0.975. The van der Waals surface area contributed by atoms with Crippen LogP contribution in [0.2, 0.25) is 0 Å². The van der Waals surface area contributed by atoms with Crippen molar-refractivity contribution in [3.05, 3.63) is 34.4 Å². The first kappa shape index (κ1) is 15.8. The van der Waals surface area contributed by atoms with Crippen molar-refractivity contribution in [2.45, 2.75) is 60.7 Å². The third-order valence-electron chi connectivity index (χ3n) is 3.97. The van der Waals surface area contributed by atoms with Crippen molar-refractivity contribution in [3.8, 4) is 0 Å². The molecular weight excluding hydrogens is 262 g/mol. The molecule has 0 spiro atoms. The van der Waals surface area contributed by atoms with E-state index in [1.807, 2.05) is 0 Å². The smallest absolute Gasteiger partial charge is 0.0831 e. The summed E-state index contributed by atoms with van der Waals surface area (Å²) in [6.45, 7) is 14.2. The summed E-state index contributed by atoms with van der Waals surface area (Å²) < 4.78 is 4.18. The normalized spacial score (nSPS) is 11.3. The van der Waals surface area contributed by atoms with Gasteiger partial charge in [-0.2, -0.15) is 10.2 Å². The van der Waals surface area contributed by atoms with Crippen LogP contribution in [0, 0.1) is 13.8 Å². The van der Waals surface area contributed by atoms with Crippen LogP contribution in [0.1, 0.15) is 49.1 Å². The molecule has 0 aliphatic rings. The molecule has 2 heterocycles. The molecular formula is C16H27N5. The summed E-state index contributed by atoms with van der Waals surface area (Å²) >= 11 is 0. The average Bonchev–Trinajstić information content (AvgIpc) is 2.99. The minimum Gasteiger partial charge on any atom is -0.313 e. The molecule has 2 rings (SSSR count). The Bertz CT molecular complexity index is 594. The summed E-state index contributed by atoms with van der Waals surface area (Å²) in [7, 11) is 0. The lowest BCUT2D eigenvalue weighted by atomic mass is 10.2. The Labute approximate surface area is 127 Å². The topological polar surface area (TPSA) is 47.7 Å². The molecule has 0 saturated carbocycles. The maximum atomic E-state index is 4.70. The van der Waals surface area contributed by atoms with Crippen LogP contribution in [0.5, 0.6) is 0 Å². The van der Waals surface area contributed by atoms with E-state index in [2.05, 4.69) is 60.5 Å². The highest BCUT2D eigenvalue weighted by molar-refractivity contribution is 5.25. The largest absolute Gasteiger partial charge is 0.313 e. The Morgan fingerprint density at radius 1 is 1.10 bits per heavy atom. The predicted molar refractivity (Wildman–Crippen MR) is 85.5 cm³/mol. The van der Waals surface area contributed by atoms with Gasteiger partial charge in [0.25, 0.3) is 0 Å². The highest BCUT2D eigenvalue weighted by Gasteiger charge is 2.13. The van der Waals surface area contributed by atoms with Crippen LogP contribution in [0.15, 0.2) is 6.07 Å². The van der Waals surface area contributed by atoms with Crippen molar-refractivity contribution < 1.29 is 0 Å². The summed E-state index contributed by atoms with van der Waals surface area (Å²) in [5.41, 5.74) is 6.06. The van der Waals surface area contributed by atoms with E-state index >= 15 is 0 Å². The highest BCUT2D eigenvalue weighted by atomic mass is 15.3. The van der Waals surface area contributed by atoms with Crippen molar-refractivity contribution in [2.75, 3.05) is 6.54 Å². The van der Waals surface area contributed by atoms with E-state index in [1.165, 1.54) is 17.0 Å². The Morgan fingerprint density at radius 3 is 2.48 bits per heavy atom. The van der Waals surface area contributed by atoms with Gasteiger partial charge < -0.3 is 5.32 Å². The van der Waals surface area contributed by atoms with Crippen LogP contribution >= 0.6 is 0 Å². The van der Waals surface area contributed by atoms with Gasteiger partial charge in [-0.15, -0.1) is 0 Å². The lowest BCUT2D eigenvalue weighted by molar-refractivity contribution is 0.565. The maximum Gasteiger partial charge on any atom is 0.0831 e. The van der Waals surface area contributed by atoms with E-state index in [9.17, 15) is 0 Å². The maximum absolute atomic E-state index is 4.70. The van der Waals surface area contributed by atoms with Gasteiger partial charge in [-0.3, -0.25) is 9.36 Å². The number of hydrogen-bond acceptors (Lipinski definition) is 3. The van der Waals surface area contributed by atoms with Crippen molar-refractivity contribution in [1.29, 1.82) is 0 Å². The van der Waals surface area contributed by atoms with Crippen molar-refractivity contribution >= 4 is 0 Å². The van der Waals surface area contributed by atoms with E-state index in [4.69, 9.17) is 5.10 Å². The van der Waals surface area contributed by atoms with Gasteiger partial charge in [0, 0.05) is 24.3 Å². The molecule has 5 nitrogen and oxygen atoms in total. The van der Waals surface area contributed by atoms with Gasteiger partial charge in [0.15, 0.2) is 0 Å². The molecule has 116 valence electrons. The third kappa shape index (κ3) is 3.35. The van der Waals surface area contributed by atoms with Crippen molar-refractivity contribution in [1.82, 2.24) is 24.9 Å². The molecule has 2 aromatic rings. The Hall–Kier alpha value is -1.62. The van der Waals surface area contributed by atoms with Gasteiger partial charge in [0.1, 0.15) is 0 Å². The van der Waals surface area contributed by atoms with Crippen LogP contribution in [0.4, 0.5) is 0 Å². The molecule has 21 heavy (non-hydrogen) atoms. The second-order valence-electron chi connectivity index (χ2n) is 5.38. The van der Waals surface area contributed by atoms with Gasteiger partial charge in [-0.25, -0.2) is 0 Å². The number of hydrogen-bond donors (Lipinski definition) is 1. The quantitative estimate of drug-likeness (QED) is 0.851. The lowest BCUT2D eigenvalue weighted by Crippen LogP contribution is -2.14. The number of rotatable bonds is 7. The van der Waals surface area contributed by atoms with Gasteiger partial charge in [0.2, 0.25) is 0 Å². The molecule has 1 N–H and O–H groups in total. The zero-order valence-corrected chi connectivity index (χ0v) is 13.9. The van der Waals surface area contributed by atoms with Crippen LogP contribution in [0.3, 0.4) is 0 Å². The van der Waals surface area contributed by atoms with Gasteiger partial charge in [0.05, 0.1) is 23.6 Å².